The summed E-state index contributed by atoms with van der Waals surface area (Å²) < 4.78 is 26.4. The summed E-state index contributed by atoms with van der Waals surface area (Å²) in [6.07, 6.45) is 4.81. The number of amides is 3. The van der Waals surface area contributed by atoms with E-state index >= 15 is 0 Å². The van der Waals surface area contributed by atoms with E-state index in [0.29, 0.717) is 5.56 Å². The number of nitrogens with one attached hydrogen (secondary N) is 1. The summed E-state index contributed by atoms with van der Waals surface area (Å²) in [5.41, 5.74) is 1.65. The number of likely N-dealkylation sites (tertiary alicyclic amines) is 1. The molecule has 2 fully saturated rings. The smallest absolute Gasteiger partial charge is 0.255 e. The fourth-order valence-corrected chi connectivity index (χ4v) is 4.99. The maximum Gasteiger partial charge on any atom is 0.255 e. The van der Waals surface area contributed by atoms with E-state index < -0.39 is 29.4 Å². The molecule has 0 aliphatic carbocycles. The molecule has 0 saturated carbocycles. The molecule has 3 aliphatic heterocycles. The fourth-order valence-electron chi connectivity index (χ4n) is 4.99. The van der Waals surface area contributed by atoms with E-state index in [-0.39, 0.29) is 38.1 Å². The zero-order valence-corrected chi connectivity index (χ0v) is 20.0. The molecule has 1 atom stereocenters. The van der Waals surface area contributed by atoms with Crippen molar-refractivity contribution >= 4 is 28.5 Å². The third-order valence-corrected chi connectivity index (χ3v) is 6.92. The van der Waals surface area contributed by atoms with Gasteiger partial charge in [-0.05, 0) is 79.7 Å². The Morgan fingerprint density at radius 3 is 2.59 bits per heavy atom. The van der Waals surface area contributed by atoms with Crippen molar-refractivity contribution in [3.63, 3.8) is 0 Å². The maximum atomic E-state index is 13.3. The van der Waals surface area contributed by atoms with Gasteiger partial charge >= 0.3 is 0 Å². The van der Waals surface area contributed by atoms with Gasteiger partial charge in [0, 0.05) is 38.1 Å². The van der Waals surface area contributed by atoms with Crippen molar-refractivity contribution in [3.05, 3.63) is 71.1 Å². The van der Waals surface area contributed by atoms with Gasteiger partial charge in [-0.25, -0.2) is 8.78 Å². The Morgan fingerprint density at radius 1 is 1.05 bits per heavy atom. The molecule has 2 aromatic carbocycles. The molecule has 10 heteroatoms. The molecule has 2 saturated heterocycles. The van der Waals surface area contributed by atoms with Gasteiger partial charge < -0.3 is 10.0 Å². The first-order valence-electron chi connectivity index (χ1n) is 12.2. The standard InChI is InChI=1S/C14H15FN2.C13H11FN2O4.H2/c15-13-4-3-11-9-16-14(8-12(11)7-13)10-17-5-1-2-6-17;14-8-4-7-6(3-10(8)17)5-16(13(7)20)9-1-2-11(18)15-12(9)19;/h3-4,7-9H,1-2,5-6,10H2;3-4,9,17H,1-2,5H2,(H,15,18,19);1H. The van der Waals surface area contributed by atoms with Gasteiger partial charge in [0.1, 0.15) is 11.9 Å². The Morgan fingerprint density at radius 2 is 1.84 bits per heavy atom. The van der Waals surface area contributed by atoms with Gasteiger partial charge in [-0.3, -0.25) is 29.6 Å². The minimum atomic E-state index is -0.873. The van der Waals surface area contributed by atoms with Crippen molar-refractivity contribution < 1.29 is 29.7 Å². The number of halogens is 2. The second-order valence-corrected chi connectivity index (χ2v) is 9.51. The highest BCUT2D eigenvalue weighted by molar-refractivity contribution is 6.05. The average molecular weight is 511 g/mol. The molecule has 4 heterocycles. The number of phenols is 1. The molecule has 0 bridgehead atoms. The Kier molecular flexibility index (Phi) is 6.84. The van der Waals surface area contributed by atoms with Crippen LogP contribution in [0.25, 0.3) is 10.8 Å². The number of benzene rings is 2. The van der Waals surface area contributed by atoms with Crippen molar-refractivity contribution in [2.24, 2.45) is 0 Å². The summed E-state index contributed by atoms with van der Waals surface area (Å²) in [6.45, 7) is 3.31. The number of nitrogens with zero attached hydrogens (tertiary/aromatic N) is 3. The minimum absolute atomic E-state index is 0. The lowest BCUT2D eigenvalue weighted by Crippen LogP contribution is -2.52. The number of rotatable bonds is 3. The summed E-state index contributed by atoms with van der Waals surface area (Å²) in [4.78, 5) is 43.2. The third kappa shape index (κ3) is 5.29. The zero-order valence-electron chi connectivity index (χ0n) is 20.0. The van der Waals surface area contributed by atoms with Gasteiger partial charge in [0.05, 0.1) is 5.69 Å². The molecule has 1 aromatic heterocycles. The van der Waals surface area contributed by atoms with Crippen molar-refractivity contribution in [1.82, 2.24) is 20.1 Å². The summed E-state index contributed by atoms with van der Waals surface area (Å²) in [6, 6.07) is 8.24. The van der Waals surface area contributed by atoms with E-state index in [0.717, 1.165) is 42.2 Å². The van der Waals surface area contributed by atoms with Crippen LogP contribution >= 0.6 is 0 Å². The van der Waals surface area contributed by atoms with E-state index in [1.807, 2.05) is 12.3 Å². The molecule has 3 aromatic rings. The fraction of sp³-hybridized carbons (Fsp3) is 0.333. The first-order chi connectivity index (χ1) is 17.8. The molecule has 194 valence electrons. The number of carbonyl (C=O) groups excluding carboxylic acids is 3. The number of piperidine rings is 1. The molecule has 3 amide bonds. The first kappa shape index (κ1) is 24.8. The molecule has 3 aliphatic rings. The number of fused-ring (bicyclic) bond motifs is 2. The van der Waals surface area contributed by atoms with Crippen LogP contribution in [0.15, 0.2) is 42.6 Å². The Hall–Kier alpha value is -3.92. The number of pyridine rings is 1. The molecule has 8 nitrogen and oxygen atoms in total. The molecular formula is C27H28F2N4O4. The van der Waals surface area contributed by atoms with Crippen LogP contribution in [0.4, 0.5) is 8.78 Å². The summed E-state index contributed by atoms with van der Waals surface area (Å²) in [7, 11) is 0. The van der Waals surface area contributed by atoms with Crippen molar-refractivity contribution in [2.45, 2.75) is 44.8 Å². The first-order valence-corrected chi connectivity index (χ1v) is 12.2. The van der Waals surface area contributed by atoms with E-state index in [4.69, 9.17) is 0 Å². The topological polar surface area (TPSA) is 103 Å². The van der Waals surface area contributed by atoms with Gasteiger partial charge in [0.25, 0.3) is 5.91 Å². The summed E-state index contributed by atoms with van der Waals surface area (Å²) in [5, 5.41) is 13.4. The van der Waals surface area contributed by atoms with Crippen LogP contribution in [-0.2, 0) is 22.7 Å². The molecular weight excluding hydrogens is 482 g/mol. The Bertz CT molecular complexity index is 1400. The number of carbonyl (C=O) groups is 3. The molecule has 6 rings (SSSR count). The van der Waals surface area contributed by atoms with Gasteiger partial charge in [0.2, 0.25) is 11.8 Å². The number of phenolic OH excluding ortho intramolecular Hbond substituents is 1. The minimum Gasteiger partial charge on any atom is -0.505 e. The van der Waals surface area contributed by atoms with Gasteiger partial charge in [-0.2, -0.15) is 0 Å². The number of aromatic hydroxyl groups is 1. The highest BCUT2D eigenvalue weighted by Crippen LogP contribution is 2.31. The van der Waals surface area contributed by atoms with Gasteiger partial charge in [-0.15, -0.1) is 0 Å². The number of hydrogen-bond acceptors (Lipinski definition) is 6. The number of imide groups is 1. The van der Waals surface area contributed by atoms with Crippen LogP contribution in [0.2, 0.25) is 0 Å². The second kappa shape index (κ2) is 10.2. The summed E-state index contributed by atoms with van der Waals surface area (Å²) in [5.74, 6) is -2.93. The van der Waals surface area contributed by atoms with Crippen LogP contribution in [0.1, 0.15) is 48.7 Å². The maximum absolute atomic E-state index is 13.3. The largest absolute Gasteiger partial charge is 0.505 e. The highest BCUT2D eigenvalue weighted by Gasteiger charge is 2.39. The van der Waals surface area contributed by atoms with Crippen LogP contribution in [0.5, 0.6) is 5.75 Å². The van der Waals surface area contributed by atoms with Crippen LogP contribution in [-0.4, -0.2) is 56.7 Å². The monoisotopic (exact) mass is 510 g/mol. The number of hydrogen-bond donors (Lipinski definition) is 2. The predicted molar refractivity (Wildman–Crippen MR) is 132 cm³/mol. The number of aromatic nitrogens is 1. The lowest BCUT2D eigenvalue weighted by molar-refractivity contribution is -0.136. The predicted octanol–water partition coefficient (Wildman–Crippen LogP) is 3.51. The van der Waals surface area contributed by atoms with Gasteiger partial charge in [0.15, 0.2) is 11.6 Å². The van der Waals surface area contributed by atoms with E-state index in [1.54, 1.807) is 12.1 Å². The quantitative estimate of drug-likeness (QED) is 0.523. The van der Waals surface area contributed by atoms with Crippen LogP contribution in [0, 0.1) is 11.6 Å². The lowest BCUT2D eigenvalue weighted by Gasteiger charge is -2.29. The Labute approximate surface area is 213 Å². The van der Waals surface area contributed by atoms with Crippen molar-refractivity contribution in [2.75, 3.05) is 13.1 Å². The van der Waals surface area contributed by atoms with Crippen LogP contribution < -0.4 is 5.32 Å². The molecule has 0 radical (unpaired) electrons. The highest BCUT2D eigenvalue weighted by atomic mass is 19.1. The van der Waals surface area contributed by atoms with E-state index in [9.17, 15) is 28.3 Å². The van der Waals surface area contributed by atoms with Crippen molar-refractivity contribution in [3.8, 4) is 5.75 Å². The SMILES string of the molecule is Fc1ccc2cnc(CN3CCCC3)cc2c1.O=C1CCC(N2Cc3cc(O)c(F)cc3C2=O)C(=O)N1.[HH]. The molecule has 37 heavy (non-hydrogen) atoms. The molecule has 2 N–H and O–H groups in total. The Balaban J connectivity index is 0.000000174. The summed E-state index contributed by atoms with van der Waals surface area (Å²) >= 11 is 0. The molecule has 1 unspecified atom stereocenters. The molecule has 0 spiro atoms. The second-order valence-electron chi connectivity index (χ2n) is 9.51. The van der Waals surface area contributed by atoms with Gasteiger partial charge in [-0.1, -0.05) is 0 Å². The van der Waals surface area contributed by atoms with Crippen molar-refractivity contribution in [1.29, 1.82) is 0 Å². The average Bonchev–Trinajstić information content (AvgIpc) is 3.48. The normalized spacial score (nSPS) is 19.6. The van der Waals surface area contributed by atoms with E-state index in [1.165, 1.54) is 29.9 Å². The zero-order chi connectivity index (χ0) is 26.1. The van der Waals surface area contributed by atoms with Crippen LogP contribution in [0.3, 0.4) is 0 Å². The lowest BCUT2D eigenvalue weighted by atomic mass is 10.0. The van der Waals surface area contributed by atoms with E-state index in [2.05, 4.69) is 15.2 Å². The third-order valence-electron chi connectivity index (χ3n) is 6.92.